The standard InChI is InChI=1S/C29H29N7O4S/c1-19-21(15-34-8-11-39-18-34)16-36(33-19)25-6-7-30-29(32-25)31-22-4-2-20(3-5-22)23-17-41-28-24(37)14-26(40-27(23)28)35-9-12-38-13-10-35/h2-7,14,16-17H,8-13,15,18H2,1H3,(H,30,31,32). The van der Waals surface area contributed by atoms with Crippen LogP contribution in [0.1, 0.15) is 11.3 Å². The quantitative estimate of drug-likeness (QED) is 0.306. The molecule has 1 N–H and O–H groups in total. The highest BCUT2D eigenvalue weighted by Crippen LogP contribution is 2.35. The van der Waals surface area contributed by atoms with Crippen molar-refractivity contribution in [2.24, 2.45) is 0 Å². The molecule has 1 aromatic carbocycles. The molecule has 0 radical (unpaired) electrons. The van der Waals surface area contributed by atoms with Crippen molar-refractivity contribution in [3.05, 3.63) is 75.7 Å². The lowest BCUT2D eigenvalue weighted by atomic mass is 10.1. The fraction of sp³-hybridized carbons (Fsp3) is 0.310. The summed E-state index contributed by atoms with van der Waals surface area (Å²) >= 11 is 1.41. The van der Waals surface area contributed by atoms with Crippen molar-refractivity contribution < 1.29 is 13.9 Å². The van der Waals surface area contributed by atoms with Crippen LogP contribution in [0.5, 0.6) is 0 Å². The third kappa shape index (κ3) is 5.34. The Morgan fingerprint density at radius 1 is 1.05 bits per heavy atom. The first-order valence-electron chi connectivity index (χ1n) is 13.5. The Kier molecular flexibility index (Phi) is 6.97. The number of thiophene rings is 1. The van der Waals surface area contributed by atoms with E-state index in [2.05, 4.69) is 30.2 Å². The molecule has 0 saturated carbocycles. The van der Waals surface area contributed by atoms with Crippen LogP contribution in [-0.2, 0) is 16.0 Å². The highest BCUT2D eigenvalue weighted by atomic mass is 32.1. The van der Waals surface area contributed by atoms with Crippen molar-refractivity contribution in [3.8, 4) is 16.9 Å². The van der Waals surface area contributed by atoms with Crippen molar-refractivity contribution in [2.45, 2.75) is 13.5 Å². The smallest absolute Gasteiger partial charge is 0.229 e. The maximum atomic E-state index is 12.8. The summed E-state index contributed by atoms with van der Waals surface area (Å²) < 4.78 is 19.6. The molecule has 2 fully saturated rings. The molecule has 0 bridgehead atoms. The second kappa shape index (κ2) is 11.1. The number of nitrogens with one attached hydrogen (secondary N) is 1. The van der Waals surface area contributed by atoms with Crippen molar-refractivity contribution in [2.75, 3.05) is 56.4 Å². The third-order valence-electron chi connectivity index (χ3n) is 7.30. The zero-order valence-electron chi connectivity index (χ0n) is 22.6. The number of morpholine rings is 1. The van der Waals surface area contributed by atoms with Gasteiger partial charge in [0, 0.05) is 72.9 Å². The first-order valence-corrected chi connectivity index (χ1v) is 14.4. The van der Waals surface area contributed by atoms with E-state index in [1.807, 2.05) is 48.8 Å². The number of hydrogen-bond acceptors (Lipinski definition) is 11. The lowest BCUT2D eigenvalue weighted by Crippen LogP contribution is -2.36. The van der Waals surface area contributed by atoms with E-state index >= 15 is 0 Å². The summed E-state index contributed by atoms with van der Waals surface area (Å²) in [6.45, 7) is 7.80. The second-order valence-corrected chi connectivity index (χ2v) is 11.0. The molecule has 5 aromatic rings. The maximum Gasteiger partial charge on any atom is 0.229 e. The highest BCUT2D eigenvalue weighted by Gasteiger charge is 2.19. The summed E-state index contributed by atoms with van der Waals surface area (Å²) in [6.07, 6.45) is 3.73. The zero-order chi connectivity index (χ0) is 27.8. The average molecular weight is 572 g/mol. The number of ether oxygens (including phenoxy) is 2. The second-order valence-electron chi connectivity index (χ2n) is 10.1. The molecule has 7 rings (SSSR count). The SMILES string of the molecule is Cc1nn(-c2ccnc(Nc3ccc(-c4csc5c(=O)cc(N6CCOCC6)oc45)cc3)n2)cc1CN1CCOC1. The molecule has 12 heteroatoms. The number of nitrogens with zero attached hydrogens (tertiary/aromatic N) is 6. The van der Waals surface area contributed by atoms with Gasteiger partial charge in [-0.2, -0.15) is 10.1 Å². The van der Waals surface area contributed by atoms with Crippen LogP contribution in [-0.4, -0.2) is 70.8 Å². The summed E-state index contributed by atoms with van der Waals surface area (Å²) in [7, 11) is 0. The number of anilines is 3. The fourth-order valence-electron chi connectivity index (χ4n) is 5.05. The maximum absolute atomic E-state index is 12.8. The minimum absolute atomic E-state index is 0.0242. The van der Waals surface area contributed by atoms with Crippen LogP contribution in [0.3, 0.4) is 0 Å². The fourth-order valence-corrected chi connectivity index (χ4v) is 5.97. The van der Waals surface area contributed by atoms with Crippen LogP contribution in [0, 0.1) is 6.92 Å². The van der Waals surface area contributed by atoms with E-state index in [9.17, 15) is 4.79 Å². The topological polar surface area (TPSA) is 111 Å². The van der Waals surface area contributed by atoms with Gasteiger partial charge in [0.15, 0.2) is 17.3 Å². The van der Waals surface area contributed by atoms with E-state index in [1.54, 1.807) is 16.9 Å². The van der Waals surface area contributed by atoms with E-state index in [4.69, 9.17) is 13.9 Å². The average Bonchev–Trinajstić information content (AvgIpc) is 3.75. The molecule has 11 nitrogen and oxygen atoms in total. The summed E-state index contributed by atoms with van der Waals surface area (Å²) in [4.78, 5) is 26.2. The molecule has 210 valence electrons. The van der Waals surface area contributed by atoms with Gasteiger partial charge in [0.25, 0.3) is 0 Å². The van der Waals surface area contributed by atoms with Crippen LogP contribution >= 0.6 is 11.3 Å². The molecule has 0 amide bonds. The van der Waals surface area contributed by atoms with Gasteiger partial charge < -0.3 is 24.1 Å². The first-order chi connectivity index (χ1) is 20.1. The largest absolute Gasteiger partial charge is 0.439 e. The van der Waals surface area contributed by atoms with E-state index in [-0.39, 0.29) is 5.43 Å². The Labute approximate surface area is 240 Å². The van der Waals surface area contributed by atoms with Crippen LogP contribution < -0.4 is 15.6 Å². The molecule has 2 saturated heterocycles. The minimum atomic E-state index is -0.0242. The molecule has 0 spiro atoms. The van der Waals surface area contributed by atoms with E-state index in [0.717, 1.165) is 47.8 Å². The molecule has 41 heavy (non-hydrogen) atoms. The van der Waals surface area contributed by atoms with Gasteiger partial charge in [-0.15, -0.1) is 11.3 Å². The normalized spacial score (nSPS) is 16.1. The van der Waals surface area contributed by atoms with Gasteiger partial charge in [-0.05, 0) is 24.6 Å². The zero-order valence-corrected chi connectivity index (χ0v) is 23.4. The Hall–Kier alpha value is -4.10. The number of benzene rings is 1. The van der Waals surface area contributed by atoms with Crippen LogP contribution in [0.2, 0.25) is 0 Å². The molecular weight excluding hydrogens is 542 g/mol. The van der Waals surface area contributed by atoms with Gasteiger partial charge in [0.1, 0.15) is 4.70 Å². The molecular formula is C29H29N7O4S. The van der Waals surface area contributed by atoms with Crippen molar-refractivity contribution in [3.63, 3.8) is 0 Å². The van der Waals surface area contributed by atoms with Crippen molar-refractivity contribution >= 4 is 39.1 Å². The van der Waals surface area contributed by atoms with Gasteiger partial charge in [-0.25, -0.2) is 9.67 Å². The Bertz CT molecular complexity index is 1730. The summed E-state index contributed by atoms with van der Waals surface area (Å²) in [5, 5.41) is 9.93. The lowest BCUT2D eigenvalue weighted by molar-refractivity contribution is 0.121. The molecule has 2 aliphatic heterocycles. The predicted octanol–water partition coefficient (Wildman–Crippen LogP) is 4.18. The third-order valence-corrected chi connectivity index (χ3v) is 8.28. The summed E-state index contributed by atoms with van der Waals surface area (Å²) in [6, 6.07) is 11.4. The molecule has 6 heterocycles. The lowest BCUT2D eigenvalue weighted by Gasteiger charge is -2.27. The predicted molar refractivity (Wildman–Crippen MR) is 157 cm³/mol. The van der Waals surface area contributed by atoms with Gasteiger partial charge in [-0.1, -0.05) is 12.1 Å². The van der Waals surface area contributed by atoms with Gasteiger partial charge in [-0.3, -0.25) is 9.69 Å². The van der Waals surface area contributed by atoms with E-state index in [1.165, 1.54) is 11.3 Å². The highest BCUT2D eigenvalue weighted by molar-refractivity contribution is 7.17. The minimum Gasteiger partial charge on any atom is -0.439 e. The first kappa shape index (κ1) is 25.8. The van der Waals surface area contributed by atoms with Crippen LogP contribution in [0.25, 0.3) is 27.2 Å². The van der Waals surface area contributed by atoms with Crippen LogP contribution in [0.4, 0.5) is 17.5 Å². The number of hydrogen-bond donors (Lipinski definition) is 1. The number of aromatic nitrogens is 4. The van der Waals surface area contributed by atoms with E-state index in [0.29, 0.717) is 61.0 Å². The Balaban J connectivity index is 1.09. The molecule has 2 aliphatic rings. The van der Waals surface area contributed by atoms with Gasteiger partial charge in [0.2, 0.25) is 11.4 Å². The van der Waals surface area contributed by atoms with Gasteiger partial charge >= 0.3 is 0 Å². The number of rotatable bonds is 7. The van der Waals surface area contributed by atoms with Crippen molar-refractivity contribution in [1.82, 2.24) is 24.6 Å². The monoisotopic (exact) mass is 571 g/mol. The number of aryl methyl sites for hydroxylation is 1. The Morgan fingerprint density at radius 2 is 1.88 bits per heavy atom. The Morgan fingerprint density at radius 3 is 2.68 bits per heavy atom. The van der Waals surface area contributed by atoms with Gasteiger partial charge in [0.05, 0.1) is 32.2 Å². The number of fused-ring (bicyclic) bond motifs is 1. The molecule has 4 aromatic heterocycles. The summed E-state index contributed by atoms with van der Waals surface area (Å²) in [5.41, 5.74) is 5.40. The van der Waals surface area contributed by atoms with Crippen molar-refractivity contribution in [1.29, 1.82) is 0 Å². The molecule has 0 aliphatic carbocycles. The molecule has 0 unspecified atom stereocenters. The van der Waals surface area contributed by atoms with Crippen LogP contribution in [0.15, 0.2) is 63.4 Å². The van der Waals surface area contributed by atoms with E-state index < -0.39 is 0 Å². The summed E-state index contributed by atoms with van der Waals surface area (Å²) in [5.74, 6) is 1.74. The molecule has 0 atom stereocenters.